The fraction of sp³-hybridized carbons (Fsp3) is 0.250. The van der Waals surface area contributed by atoms with Crippen molar-refractivity contribution in [2.45, 2.75) is 31.8 Å². The number of nitrogens with zero attached hydrogens (tertiary/aromatic N) is 4. The Morgan fingerprint density at radius 1 is 1.17 bits per heavy atom. The lowest BCUT2D eigenvalue weighted by Crippen LogP contribution is -2.13. The third-order valence-corrected chi connectivity index (χ3v) is 5.03. The van der Waals surface area contributed by atoms with Gasteiger partial charge in [0.05, 0.1) is 12.7 Å². The average Bonchev–Trinajstić information content (AvgIpc) is 3.19. The van der Waals surface area contributed by atoms with Gasteiger partial charge in [0, 0.05) is 25.0 Å². The summed E-state index contributed by atoms with van der Waals surface area (Å²) in [5.74, 6) is 0.285. The largest absolute Gasteiger partial charge is 0.272 e. The molecule has 3 aromatic rings. The number of aromatic nitrogens is 4. The number of nitrogens with one attached hydrogen (secondary N) is 1. The third-order valence-electron chi connectivity index (χ3n) is 3.72. The lowest BCUT2D eigenvalue weighted by Gasteiger charge is -2.06. The van der Waals surface area contributed by atoms with Gasteiger partial charge in [0.2, 0.25) is 0 Å². The van der Waals surface area contributed by atoms with Gasteiger partial charge in [-0.3, -0.25) is 14.1 Å². The van der Waals surface area contributed by atoms with Crippen molar-refractivity contribution in [2.24, 2.45) is 0 Å². The summed E-state index contributed by atoms with van der Waals surface area (Å²) in [6, 6.07) is 9.66. The summed E-state index contributed by atoms with van der Waals surface area (Å²) in [6.07, 6.45) is 4.57. The van der Waals surface area contributed by atoms with Crippen molar-refractivity contribution >= 4 is 15.8 Å². The fourth-order valence-electron chi connectivity index (χ4n) is 2.32. The number of hydrogen-bond donors (Lipinski definition) is 1. The monoisotopic (exact) mass is 345 g/mol. The lowest BCUT2D eigenvalue weighted by molar-refractivity contribution is 0.600. The lowest BCUT2D eigenvalue weighted by atomic mass is 10.1. The SMILES string of the molecule is CCn1cc(S(=O)(=O)Nc2ccn(Cc3ccccc3C)n2)cn1. The molecule has 0 spiro atoms. The molecule has 0 amide bonds. The molecular weight excluding hydrogens is 326 g/mol. The van der Waals surface area contributed by atoms with Crippen molar-refractivity contribution in [3.05, 3.63) is 60.0 Å². The highest BCUT2D eigenvalue weighted by molar-refractivity contribution is 7.92. The summed E-state index contributed by atoms with van der Waals surface area (Å²) in [5.41, 5.74) is 2.31. The predicted octanol–water partition coefficient (Wildman–Crippen LogP) is 2.26. The van der Waals surface area contributed by atoms with Gasteiger partial charge in [-0.15, -0.1) is 0 Å². The average molecular weight is 345 g/mol. The maximum atomic E-state index is 12.3. The number of aryl methyl sites for hydroxylation is 2. The molecule has 0 unspecified atom stereocenters. The van der Waals surface area contributed by atoms with E-state index in [-0.39, 0.29) is 10.7 Å². The standard InChI is InChI=1S/C16H19N5O2S/c1-3-20-12-15(10-17-20)24(22,23)19-16-8-9-21(18-16)11-14-7-5-4-6-13(14)2/h4-10,12H,3,11H2,1-2H3,(H,18,19). The summed E-state index contributed by atoms with van der Waals surface area (Å²) >= 11 is 0. The van der Waals surface area contributed by atoms with Crippen molar-refractivity contribution in [3.8, 4) is 0 Å². The van der Waals surface area contributed by atoms with Crippen LogP contribution < -0.4 is 4.72 Å². The normalized spacial score (nSPS) is 11.6. The van der Waals surface area contributed by atoms with Crippen LogP contribution in [0.5, 0.6) is 0 Å². The molecule has 0 aliphatic heterocycles. The van der Waals surface area contributed by atoms with E-state index >= 15 is 0 Å². The van der Waals surface area contributed by atoms with Crippen LogP contribution in [0.4, 0.5) is 5.82 Å². The first-order valence-corrected chi connectivity index (χ1v) is 9.09. The van der Waals surface area contributed by atoms with Gasteiger partial charge in [0.15, 0.2) is 5.82 Å². The minimum Gasteiger partial charge on any atom is -0.272 e. The van der Waals surface area contributed by atoms with E-state index in [2.05, 4.69) is 14.9 Å². The summed E-state index contributed by atoms with van der Waals surface area (Å²) in [5, 5.41) is 8.27. The molecule has 1 aromatic carbocycles. The maximum absolute atomic E-state index is 12.3. The van der Waals surface area contributed by atoms with Crippen LogP contribution in [0, 0.1) is 6.92 Å². The fourth-order valence-corrected chi connectivity index (χ4v) is 3.27. The van der Waals surface area contributed by atoms with Crippen LogP contribution in [0.25, 0.3) is 0 Å². The Morgan fingerprint density at radius 2 is 1.96 bits per heavy atom. The molecule has 0 radical (unpaired) electrons. The first-order chi connectivity index (χ1) is 11.5. The number of anilines is 1. The maximum Gasteiger partial charge on any atom is 0.266 e. The summed E-state index contributed by atoms with van der Waals surface area (Å²) < 4.78 is 30.4. The van der Waals surface area contributed by atoms with Gasteiger partial charge in [0.25, 0.3) is 10.0 Å². The molecule has 0 bridgehead atoms. The van der Waals surface area contributed by atoms with Crippen molar-refractivity contribution < 1.29 is 8.42 Å². The molecule has 0 fully saturated rings. The van der Waals surface area contributed by atoms with E-state index in [4.69, 9.17) is 0 Å². The highest BCUT2D eigenvalue weighted by atomic mass is 32.2. The second kappa shape index (κ2) is 6.48. The minimum atomic E-state index is -3.68. The molecule has 8 heteroatoms. The van der Waals surface area contributed by atoms with E-state index in [0.29, 0.717) is 13.1 Å². The van der Waals surface area contributed by atoms with E-state index < -0.39 is 10.0 Å². The van der Waals surface area contributed by atoms with Crippen molar-refractivity contribution in [3.63, 3.8) is 0 Å². The highest BCUT2D eigenvalue weighted by Gasteiger charge is 2.17. The smallest absolute Gasteiger partial charge is 0.266 e. The van der Waals surface area contributed by atoms with E-state index in [9.17, 15) is 8.42 Å². The van der Waals surface area contributed by atoms with Crippen molar-refractivity contribution in [1.82, 2.24) is 19.6 Å². The topological polar surface area (TPSA) is 81.8 Å². The Morgan fingerprint density at radius 3 is 2.67 bits per heavy atom. The van der Waals surface area contributed by atoms with Gasteiger partial charge in [-0.25, -0.2) is 8.42 Å². The Hall–Kier alpha value is -2.61. The summed E-state index contributed by atoms with van der Waals surface area (Å²) in [6.45, 7) is 5.13. The van der Waals surface area contributed by atoms with Crippen LogP contribution >= 0.6 is 0 Å². The molecule has 0 atom stereocenters. The van der Waals surface area contributed by atoms with Crippen LogP contribution in [0.15, 0.2) is 53.8 Å². The zero-order chi connectivity index (χ0) is 17.2. The summed E-state index contributed by atoms with van der Waals surface area (Å²) in [7, 11) is -3.68. The van der Waals surface area contributed by atoms with E-state index in [0.717, 1.165) is 5.56 Å². The Labute approximate surface area is 141 Å². The van der Waals surface area contributed by atoms with Crippen molar-refractivity contribution in [2.75, 3.05) is 4.72 Å². The summed E-state index contributed by atoms with van der Waals surface area (Å²) in [4.78, 5) is 0.123. The number of sulfonamides is 1. The first kappa shape index (κ1) is 16.3. The second-order valence-electron chi connectivity index (χ2n) is 5.46. The van der Waals surface area contributed by atoms with Crippen LogP contribution in [0.1, 0.15) is 18.1 Å². The van der Waals surface area contributed by atoms with Crippen LogP contribution in [0.2, 0.25) is 0 Å². The minimum absolute atomic E-state index is 0.123. The van der Waals surface area contributed by atoms with E-state index in [1.165, 1.54) is 18.0 Å². The van der Waals surface area contributed by atoms with Crippen LogP contribution in [-0.4, -0.2) is 28.0 Å². The number of hydrogen-bond acceptors (Lipinski definition) is 4. The molecule has 7 nitrogen and oxygen atoms in total. The highest BCUT2D eigenvalue weighted by Crippen LogP contribution is 2.15. The molecule has 2 aromatic heterocycles. The van der Waals surface area contributed by atoms with Gasteiger partial charge in [-0.1, -0.05) is 24.3 Å². The Kier molecular flexibility index (Phi) is 4.39. The zero-order valence-corrected chi connectivity index (χ0v) is 14.4. The molecule has 0 aliphatic carbocycles. The van der Waals surface area contributed by atoms with Gasteiger partial charge in [0.1, 0.15) is 4.90 Å². The van der Waals surface area contributed by atoms with Gasteiger partial charge >= 0.3 is 0 Å². The molecule has 0 saturated heterocycles. The second-order valence-corrected chi connectivity index (χ2v) is 7.14. The van der Waals surface area contributed by atoms with Crippen molar-refractivity contribution in [1.29, 1.82) is 0 Å². The van der Waals surface area contributed by atoms with Crippen LogP contribution in [0.3, 0.4) is 0 Å². The Bertz CT molecular complexity index is 943. The number of rotatable bonds is 6. The molecule has 1 N–H and O–H groups in total. The molecule has 0 saturated carbocycles. The van der Waals surface area contributed by atoms with E-state index in [1.807, 2.05) is 38.1 Å². The third kappa shape index (κ3) is 3.48. The molecule has 2 heterocycles. The molecule has 0 aliphatic rings. The Balaban J connectivity index is 1.75. The molecule has 126 valence electrons. The predicted molar refractivity (Wildman–Crippen MR) is 91.2 cm³/mol. The first-order valence-electron chi connectivity index (χ1n) is 7.61. The van der Waals surface area contributed by atoms with Gasteiger partial charge < -0.3 is 0 Å². The number of benzene rings is 1. The quantitative estimate of drug-likeness (QED) is 0.743. The molecule has 3 rings (SSSR count). The van der Waals surface area contributed by atoms with Crippen LogP contribution in [-0.2, 0) is 23.1 Å². The van der Waals surface area contributed by atoms with E-state index in [1.54, 1.807) is 21.6 Å². The molecule has 24 heavy (non-hydrogen) atoms. The zero-order valence-electron chi connectivity index (χ0n) is 13.5. The van der Waals surface area contributed by atoms with Gasteiger partial charge in [-0.05, 0) is 25.0 Å². The van der Waals surface area contributed by atoms with Gasteiger partial charge in [-0.2, -0.15) is 10.2 Å². The molecular formula is C16H19N5O2S.